The third-order valence-electron chi connectivity index (χ3n) is 6.49. The van der Waals surface area contributed by atoms with E-state index in [-0.39, 0.29) is 12.2 Å². The van der Waals surface area contributed by atoms with E-state index in [2.05, 4.69) is 22.0 Å². The van der Waals surface area contributed by atoms with E-state index in [1.54, 1.807) is 11.3 Å². The van der Waals surface area contributed by atoms with E-state index in [0.29, 0.717) is 6.61 Å². The average Bonchev–Trinajstić information content (AvgIpc) is 3.34. The van der Waals surface area contributed by atoms with Crippen LogP contribution < -0.4 is 4.74 Å². The van der Waals surface area contributed by atoms with Gasteiger partial charge >= 0.3 is 0 Å². The monoisotopic (exact) mass is 553 g/mol. The number of thioether (sulfide) groups is 1. The van der Waals surface area contributed by atoms with Crippen molar-refractivity contribution in [2.45, 2.75) is 42.7 Å². The summed E-state index contributed by atoms with van der Waals surface area (Å²) >= 11 is 9.73. The molecule has 8 heteroatoms. The lowest BCUT2D eigenvalue weighted by Crippen LogP contribution is -2.38. The molecule has 5 nitrogen and oxygen atoms in total. The van der Waals surface area contributed by atoms with Crippen LogP contribution in [0.3, 0.4) is 0 Å². The number of hydrogen-bond donors (Lipinski definition) is 0. The first-order chi connectivity index (χ1) is 18.2. The fourth-order valence-electron chi connectivity index (χ4n) is 4.60. The van der Waals surface area contributed by atoms with Crippen molar-refractivity contribution >= 4 is 44.9 Å². The molecule has 2 aromatic carbocycles. The molecule has 0 radical (unpaired) electrons. The number of hydrogen-bond acceptors (Lipinski definition) is 7. The number of pyridine rings is 1. The van der Waals surface area contributed by atoms with Gasteiger partial charge in [0.2, 0.25) is 0 Å². The predicted octanol–water partition coefficient (Wildman–Crippen LogP) is 7.50. The van der Waals surface area contributed by atoms with Crippen LogP contribution in [0.5, 0.6) is 5.75 Å². The standard InChI is InChI=1S/C29H32ClN3O2S2/c1-2-34-24-11-12-25-27(20-24)37-29(32-25)36-19-5-16-33-17-13-23(14-18-33)35-28(26-6-3-4-15-31-26)21-7-9-22(30)10-8-21/h3-4,6-12,15,20,23,28H,2,5,13-14,16-19H2,1H3. The van der Waals surface area contributed by atoms with Crippen molar-refractivity contribution in [1.29, 1.82) is 0 Å². The molecule has 2 aromatic heterocycles. The van der Waals surface area contributed by atoms with Gasteiger partial charge in [0.25, 0.3) is 0 Å². The zero-order valence-corrected chi connectivity index (χ0v) is 23.4. The van der Waals surface area contributed by atoms with Crippen molar-refractivity contribution in [2.75, 3.05) is 32.0 Å². The lowest BCUT2D eigenvalue weighted by Gasteiger charge is -2.34. The van der Waals surface area contributed by atoms with E-state index in [4.69, 9.17) is 26.1 Å². The zero-order valence-electron chi connectivity index (χ0n) is 21.0. The van der Waals surface area contributed by atoms with Gasteiger partial charge in [-0.2, -0.15) is 0 Å². The Bertz CT molecular complexity index is 1260. The van der Waals surface area contributed by atoms with Crippen molar-refractivity contribution in [3.8, 4) is 5.75 Å². The van der Waals surface area contributed by atoms with Crippen LogP contribution in [0.25, 0.3) is 10.2 Å². The van der Waals surface area contributed by atoms with Crippen molar-refractivity contribution in [2.24, 2.45) is 0 Å². The highest BCUT2D eigenvalue weighted by atomic mass is 35.5. The Hall–Kier alpha value is -2.16. The number of benzene rings is 2. The minimum atomic E-state index is -0.176. The van der Waals surface area contributed by atoms with Crippen LogP contribution >= 0.6 is 34.7 Å². The molecular weight excluding hydrogens is 522 g/mol. The maximum Gasteiger partial charge on any atom is 0.151 e. The highest BCUT2D eigenvalue weighted by Crippen LogP contribution is 2.33. The van der Waals surface area contributed by atoms with Crippen LogP contribution in [-0.2, 0) is 4.74 Å². The largest absolute Gasteiger partial charge is 0.494 e. The smallest absolute Gasteiger partial charge is 0.151 e. The van der Waals surface area contributed by atoms with Crippen molar-refractivity contribution < 1.29 is 9.47 Å². The summed E-state index contributed by atoms with van der Waals surface area (Å²) in [5, 5.41) is 0.730. The molecule has 0 spiro atoms. The Labute approximate surface area is 232 Å². The molecular formula is C29H32ClN3O2S2. The van der Waals surface area contributed by atoms with E-state index in [0.717, 1.165) is 76.5 Å². The van der Waals surface area contributed by atoms with Crippen molar-refractivity contribution in [3.05, 3.63) is 83.1 Å². The molecule has 0 aliphatic carbocycles. The molecule has 1 aliphatic heterocycles. The highest BCUT2D eigenvalue weighted by molar-refractivity contribution is 8.01. The van der Waals surface area contributed by atoms with Gasteiger partial charge in [0.05, 0.1) is 28.6 Å². The van der Waals surface area contributed by atoms with Crippen LogP contribution in [0.15, 0.2) is 71.2 Å². The van der Waals surface area contributed by atoms with E-state index >= 15 is 0 Å². The number of halogens is 1. The van der Waals surface area contributed by atoms with Crippen LogP contribution in [0.2, 0.25) is 5.02 Å². The quantitative estimate of drug-likeness (QED) is 0.142. The third kappa shape index (κ3) is 7.24. The molecule has 1 aliphatic rings. The molecule has 1 saturated heterocycles. The Morgan fingerprint density at radius 2 is 1.95 bits per heavy atom. The average molecular weight is 554 g/mol. The fourth-order valence-corrected chi connectivity index (χ4v) is 6.82. The van der Waals surface area contributed by atoms with E-state index in [9.17, 15) is 0 Å². The Kier molecular flexibility index (Phi) is 9.34. The SMILES string of the molecule is CCOc1ccc2nc(SCCCN3CCC(OC(c4ccc(Cl)cc4)c4ccccn4)CC3)sc2c1. The molecule has 4 aromatic rings. The molecule has 1 fully saturated rings. The summed E-state index contributed by atoms with van der Waals surface area (Å²) in [7, 11) is 0. The second-order valence-corrected chi connectivity index (χ2v) is 11.9. The summed E-state index contributed by atoms with van der Waals surface area (Å²) < 4.78 is 14.6. The van der Waals surface area contributed by atoms with E-state index in [1.807, 2.05) is 73.4 Å². The van der Waals surface area contributed by atoms with Gasteiger partial charge in [0.1, 0.15) is 11.9 Å². The normalized spacial score (nSPS) is 15.7. The summed E-state index contributed by atoms with van der Waals surface area (Å²) in [6, 6.07) is 20.1. The van der Waals surface area contributed by atoms with Gasteiger partial charge < -0.3 is 14.4 Å². The van der Waals surface area contributed by atoms with Gasteiger partial charge in [-0.1, -0.05) is 41.6 Å². The number of nitrogens with zero attached hydrogens (tertiary/aromatic N) is 3. The predicted molar refractivity (Wildman–Crippen MR) is 154 cm³/mol. The maximum atomic E-state index is 6.64. The fraction of sp³-hybridized carbons (Fsp3) is 0.379. The molecule has 0 bridgehead atoms. The zero-order chi connectivity index (χ0) is 25.5. The molecule has 37 heavy (non-hydrogen) atoms. The van der Waals surface area contributed by atoms with Gasteiger partial charge in [-0.3, -0.25) is 4.98 Å². The molecule has 1 unspecified atom stereocenters. The summed E-state index contributed by atoms with van der Waals surface area (Å²) in [4.78, 5) is 11.9. The molecule has 194 valence electrons. The Morgan fingerprint density at radius 3 is 2.70 bits per heavy atom. The summed E-state index contributed by atoms with van der Waals surface area (Å²) in [6.45, 7) is 5.93. The van der Waals surface area contributed by atoms with Crippen molar-refractivity contribution in [3.63, 3.8) is 0 Å². The number of thiazole rings is 1. The van der Waals surface area contributed by atoms with Crippen LogP contribution in [-0.4, -0.2) is 53.0 Å². The Morgan fingerprint density at radius 1 is 1.11 bits per heavy atom. The topological polar surface area (TPSA) is 47.5 Å². The first kappa shape index (κ1) is 26.4. The number of piperidine rings is 1. The molecule has 5 rings (SSSR count). The van der Waals surface area contributed by atoms with Crippen LogP contribution in [0.4, 0.5) is 0 Å². The van der Waals surface area contributed by atoms with Gasteiger partial charge in [-0.05, 0) is 80.8 Å². The van der Waals surface area contributed by atoms with E-state index < -0.39 is 0 Å². The minimum absolute atomic E-state index is 0.176. The molecule has 3 heterocycles. The number of ether oxygens (including phenoxy) is 2. The van der Waals surface area contributed by atoms with Crippen LogP contribution in [0, 0.1) is 0 Å². The van der Waals surface area contributed by atoms with Gasteiger partial charge in [0.15, 0.2) is 4.34 Å². The molecule has 1 atom stereocenters. The van der Waals surface area contributed by atoms with Gasteiger partial charge in [-0.15, -0.1) is 11.3 Å². The van der Waals surface area contributed by atoms with Crippen LogP contribution in [0.1, 0.15) is 43.5 Å². The summed E-state index contributed by atoms with van der Waals surface area (Å²) in [5.41, 5.74) is 3.08. The van der Waals surface area contributed by atoms with Crippen molar-refractivity contribution in [1.82, 2.24) is 14.9 Å². The second-order valence-electron chi connectivity index (χ2n) is 9.11. The maximum absolute atomic E-state index is 6.64. The molecule has 0 amide bonds. The second kappa shape index (κ2) is 13.1. The van der Waals surface area contributed by atoms with Gasteiger partial charge in [-0.25, -0.2) is 4.98 Å². The number of likely N-dealkylation sites (tertiary alicyclic amines) is 1. The number of rotatable bonds is 11. The third-order valence-corrected chi connectivity index (χ3v) is 8.99. The molecule has 0 saturated carbocycles. The lowest BCUT2D eigenvalue weighted by molar-refractivity contribution is -0.0284. The highest BCUT2D eigenvalue weighted by Gasteiger charge is 2.25. The number of fused-ring (bicyclic) bond motifs is 1. The minimum Gasteiger partial charge on any atom is -0.494 e. The Balaban J connectivity index is 1.08. The number of aromatic nitrogens is 2. The first-order valence-corrected chi connectivity index (χ1v) is 15.1. The lowest BCUT2D eigenvalue weighted by atomic mass is 10.0. The first-order valence-electron chi connectivity index (χ1n) is 12.9. The summed E-state index contributed by atoms with van der Waals surface area (Å²) in [5.74, 6) is 1.99. The summed E-state index contributed by atoms with van der Waals surface area (Å²) in [6.07, 6.45) is 5.09. The molecule has 0 N–H and O–H groups in total. The van der Waals surface area contributed by atoms with E-state index in [1.165, 1.54) is 4.70 Å². The van der Waals surface area contributed by atoms with Gasteiger partial charge in [0, 0.05) is 30.1 Å².